The third-order valence-electron chi connectivity index (χ3n) is 3.62. The van der Waals surface area contributed by atoms with Crippen molar-refractivity contribution >= 4 is 11.6 Å². The molecule has 0 aromatic carbocycles. The molecule has 0 unspecified atom stereocenters. The zero-order valence-electron chi connectivity index (χ0n) is 10.2. The van der Waals surface area contributed by atoms with Gasteiger partial charge in [0, 0.05) is 12.7 Å². The summed E-state index contributed by atoms with van der Waals surface area (Å²) in [6.45, 7) is 3.04. The van der Waals surface area contributed by atoms with Crippen molar-refractivity contribution in [2.24, 2.45) is 5.92 Å². The van der Waals surface area contributed by atoms with Crippen molar-refractivity contribution in [2.45, 2.75) is 32.6 Å². The van der Waals surface area contributed by atoms with Crippen molar-refractivity contribution in [2.75, 3.05) is 11.9 Å². The van der Waals surface area contributed by atoms with Crippen LogP contribution in [0.1, 0.15) is 31.2 Å². The van der Waals surface area contributed by atoms with Gasteiger partial charge in [0.1, 0.15) is 0 Å². The van der Waals surface area contributed by atoms with Gasteiger partial charge >= 0.3 is 0 Å². The Morgan fingerprint density at radius 1 is 1.47 bits per heavy atom. The lowest BCUT2D eigenvalue weighted by atomic mass is 9.83. The molecule has 0 saturated heterocycles. The number of pyridine rings is 1. The van der Waals surface area contributed by atoms with Crippen molar-refractivity contribution in [3.8, 4) is 0 Å². The minimum atomic E-state index is 0.749. The Morgan fingerprint density at radius 2 is 2.35 bits per heavy atom. The first-order chi connectivity index (χ1) is 8.33. The van der Waals surface area contributed by atoms with Crippen LogP contribution in [0.15, 0.2) is 18.3 Å². The smallest absolute Gasteiger partial charge is 0.243 e. The minimum absolute atomic E-state index is 0.749. The number of aryl methyl sites for hydroxylation is 1. The summed E-state index contributed by atoms with van der Waals surface area (Å²) in [7, 11) is 0. The summed E-state index contributed by atoms with van der Waals surface area (Å²) in [6.07, 6.45) is 7.40. The summed E-state index contributed by atoms with van der Waals surface area (Å²) in [4.78, 5) is 4.49. The van der Waals surface area contributed by atoms with Gasteiger partial charge in [-0.3, -0.25) is 0 Å². The summed E-state index contributed by atoms with van der Waals surface area (Å²) in [6, 6.07) is 4.05. The molecule has 0 spiro atoms. The second kappa shape index (κ2) is 4.35. The van der Waals surface area contributed by atoms with Gasteiger partial charge in [-0.2, -0.15) is 4.98 Å². The van der Waals surface area contributed by atoms with Gasteiger partial charge in [-0.15, -0.1) is 5.10 Å². The highest BCUT2D eigenvalue weighted by Gasteiger charge is 2.16. The van der Waals surface area contributed by atoms with E-state index in [1.807, 2.05) is 16.8 Å². The van der Waals surface area contributed by atoms with Gasteiger partial charge in [0.2, 0.25) is 5.95 Å². The average Bonchev–Trinajstić information content (AvgIpc) is 2.66. The van der Waals surface area contributed by atoms with Gasteiger partial charge in [-0.05, 0) is 30.9 Å². The number of nitrogens with zero attached hydrogens (tertiary/aromatic N) is 3. The average molecular weight is 230 g/mol. The van der Waals surface area contributed by atoms with E-state index < -0.39 is 0 Å². The van der Waals surface area contributed by atoms with Gasteiger partial charge in [-0.1, -0.05) is 25.3 Å². The minimum Gasteiger partial charge on any atom is -0.353 e. The molecule has 1 aliphatic carbocycles. The molecule has 1 aliphatic rings. The Bertz CT molecular complexity index is 513. The van der Waals surface area contributed by atoms with E-state index in [9.17, 15) is 0 Å². The standard InChI is InChI=1S/C13H18N4/c1-10-4-3-9-17-12(10)15-13(16-17)14-8-7-11-5-2-6-11/h3-4,9,11H,2,5-8H2,1H3,(H,14,16). The summed E-state index contributed by atoms with van der Waals surface area (Å²) in [5.74, 6) is 1.68. The molecule has 4 heteroatoms. The van der Waals surface area contributed by atoms with Crippen molar-refractivity contribution in [3.05, 3.63) is 23.9 Å². The van der Waals surface area contributed by atoms with Gasteiger partial charge in [0.15, 0.2) is 5.65 Å². The van der Waals surface area contributed by atoms with Crippen LogP contribution in [-0.2, 0) is 0 Å². The zero-order chi connectivity index (χ0) is 11.7. The Labute approximate surface area is 101 Å². The molecule has 0 atom stereocenters. The molecule has 0 aliphatic heterocycles. The fraction of sp³-hybridized carbons (Fsp3) is 0.538. The number of nitrogens with one attached hydrogen (secondary N) is 1. The van der Waals surface area contributed by atoms with E-state index in [1.165, 1.54) is 25.7 Å². The lowest BCUT2D eigenvalue weighted by Gasteiger charge is -2.24. The Morgan fingerprint density at radius 3 is 3.06 bits per heavy atom. The quantitative estimate of drug-likeness (QED) is 0.878. The number of anilines is 1. The number of hydrogen-bond acceptors (Lipinski definition) is 3. The molecule has 2 heterocycles. The van der Waals surface area contributed by atoms with E-state index in [-0.39, 0.29) is 0 Å². The molecule has 2 aromatic heterocycles. The summed E-state index contributed by atoms with van der Waals surface area (Å²) in [5, 5.41) is 7.73. The van der Waals surface area contributed by atoms with E-state index in [0.29, 0.717) is 0 Å². The van der Waals surface area contributed by atoms with Gasteiger partial charge < -0.3 is 5.32 Å². The molecule has 4 nitrogen and oxygen atoms in total. The lowest BCUT2D eigenvalue weighted by Crippen LogP contribution is -2.15. The second-order valence-corrected chi connectivity index (χ2v) is 4.91. The van der Waals surface area contributed by atoms with Gasteiger partial charge in [0.25, 0.3) is 0 Å². The van der Waals surface area contributed by atoms with Crippen LogP contribution in [0, 0.1) is 12.8 Å². The topological polar surface area (TPSA) is 42.2 Å². The van der Waals surface area contributed by atoms with E-state index in [1.54, 1.807) is 0 Å². The van der Waals surface area contributed by atoms with Crippen LogP contribution in [0.25, 0.3) is 5.65 Å². The summed E-state index contributed by atoms with van der Waals surface area (Å²) < 4.78 is 1.83. The largest absolute Gasteiger partial charge is 0.353 e. The second-order valence-electron chi connectivity index (χ2n) is 4.91. The molecule has 0 radical (unpaired) electrons. The molecule has 2 aromatic rings. The van der Waals surface area contributed by atoms with E-state index >= 15 is 0 Å². The zero-order valence-corrected chi connectivity index (χ0v) is 10.2. The fourth-order valence-electron chi connectivity index (χ4n) is 2.28. The molecule has 0 bridgehead atoms. The van der Waals surface area contributed by atoms with Crippen molar-refractivity contribution in [3.63, 3.8) is 0 Å². The fourth-order valence-corrected chi connectivity index (χ4v) is 2.28. The molecule has 1 saturated carbocycles. The van der Waals surface area contributed by atoms with Crippen molar-refractivity contribution < 1.29 is 0 Å². The maximum Gasteiger partial charge on any atom is 0.243 e. The highest BCUT2D eigenvalue weighted by Crippen LogP contribution is 2.29. The number of rotatable bonds is 4. The molecule has 1 fully saturated rings. The van der Waals surface area contributed by atoms with Crippen LogP contribution >= 0.6 is 0 Å². The Balaban J connectivity index is 1.66. The van der Waals surface area contributed by atoms with E-state index in [0.717, 1.165) is 29.6 Å². The summed E-state index contributed by atoms with van der Waals surface area (Å²) >= 11 is 0. The van der Waals surface area contributed by atoms with E-state index in [4.69, 9.17) is 0 Å². The maximum absolute atomic E-state index is 4.49. The molecule has 0 amide bonds. The first-order valence-corrected chi connectivity index (χ1v) is 6.39. The SMILES string of the molecule is Cc1cccn2nc(NCCC3CCC3)nc12. The number of fused-ring (bicyclic) bond motifs is 1. The monoisotopic (exact) mass is 230 g/mol. The highest BCUT2D eigenvalue weighted by atomic mass is 15.3. The third kappa shape index (κ3) is 2.12. The maximum atomic E-state index is 4.49. The molecular weight excluding hydrogens is 212 g/mol. The molecule has 17 heavy (non-hydrogen) atoms. The number of aromatic nitrogens is 3. The van der Waals surface area contributed by atoms with Crippen LogP contribution in [0.5, 0.6) is 0 Å². The van der Waals surface area contributed by atoms with E-state index in [2.05, 4.69) is 28.4 Å². The summed E-state index contributed by atoms with van der Waals surface area (Å²) in [5.41, 5.74) is 2.10. The first kappa shape index (κ1) is 10.6. The predicted octanol–water partition coefficient (Wildman–Crippen LogP) is 2.64. The molecular formula is C13H18N4. The van der Waals surface area contributed by atoms with Crippen LogP contribution in [0.4, 0.5) is 5.95 Å². The van der Waals surface area contributed by atoms with Gasteiger partial charge in [-0.25, -0.2) is 4.52 Å². The molecule has 1 N–H and O–H groups in total. The predicted molar refractivity (Wildman–Crippen MR) is 68.2 cm³/mol. The highest BCUT2D eigenvalue weighted by molar-refractivity contribution is 5.49. The van der Waals surface area contributed by atoms with Crippen LogP contribution in [0.2, 0.25) is 0 Å². The van der Waals surface area contributed by atoms with Crippen LogP contribution in [-0.4, -0.2) is 21.1 Å². The molecule has 90 valence electrons. The van der Waals surface area contributed by atoms with Crippen LogP contribution < -0.4 is 5.32 Å². The van der Waals surface area contributed by atoms with Crippen LogP contribution in [0.3, 0.4) is 0 Å². The lowest BCUT2D eigenvalue weighted by molar-refractivity contribution is 0.303. The van der Waals surface area contributed by atoms with Gasteiger partial charge in [0.05, 0.1) is 0 Å². The number of hydrogen-bond donors (Lipinski definition) is 1. The first-order valence-electron chi connectivity index (χ1n) is 6.39. The Hall–Kier alpha value is -1.58. The normalized spacial score (nSPS) is 16.1. The van der Waals surface area contributed by atoms with Crippen molar-refractivity contribution in [1.29, 1.82) is 0 Å². The Kier molecular flexibility index (Phi) is 2.71. The molecule has 3 rings (SSSR count). The van der Waals surface area contributed by atoms with Crippen molar-refractivity contribution in [1.82, 2.24) is 14.6 Å². The third-order valence-corrected chi connectivity index (χ3v) is 3.62.